The van der Waals surface area contributed by atoms with Gasteiger partial charge < -0.3 is 4.74 Å². The van der Waals surface area contributed by atoms with Gasteiger partial charge in [-0.2, -0.15) is 0 Å². The lowest BCUT2D eigenvalue weighted by Gasteiger charge is -2.33. The predicted molar refractivity (Wildman–Crippen MR) is 76.1 cm³/mol. The van der Waals surface area contributed by atoms with E-state index in [0.29, 0.717) is 5.76 Å². The van der Waals surface area contributed by atoms with Gasteiger partial charge in [0, 0.05) is 32.7 Å². The van der Waals surface area contributed by atoms with Crippen LogP contribution in [-0.4, -0.2) is 56.2 Å². The Hall–Kier alpha value is -1.50. The van der Waals surface area contributed by atoms with Crippen LogP contribution >= 0.6 is 0 Å². The van der Waals surface area contributed by atoms with Crippen LogP contribution in [-0.2, 0) is 4.74 Å². The molecule has 1 fully saturated rings. The van der Waals surface area contributed by atoms with Crippen molar-refractivity contribution < 1.29 is 4.74 Å². The summed E-state index contributed by atoms with van der Waals surface area (Å²) < 4.78 is 5.05. The molecule has 0 aliphatic carbocycles. The Morgan fingerprint density at radius 2 is 1.94 bits per heavy atom. The molecule has 1 rings (SSSR count). The van der Waals surface area contributed by atoms with Gasteiger partial charge in [0.2, 0.25) is 0 Å². The Bertz CT molecular complexity index is 357. The SMILES string of the molecule is C#CCN1CCN(CC(C=C)=CC(=C)OC)CC1. The van der Waals surface area contributed by atoms with Crippen molar-refractivity contribution in [3.63, 3.8) is 0 Å². The first-order valence-corrected chi connectivity index (χ1v) is 6.13. The highest BCUT2D eigenvalue weighted by molar-refractivity contribution is 5.25. The maximum absolute atomic E-state index is 5.32. The van der Waals surface area contributed by atoms with E-state index in [-0.39, 0.29) is 0 Å². The summed E-state index contributed by atoms with van der Waals surface area (Å²) in [5, 5.41) is 0. The van der Waals surface area contributed by atoms with Crippen molar-refractivity contribution >= 4 is 0 Å². The van der Waals surface area contributed by atoms with Gasteiger partial charge in [0.05, 0.1) is 13.7 Å². The van der Waals surface area contributed by atoms with Crippen LogP contribution < -0.4 is 0 Å². The van der Waals surface area contributed by atoms with E-state index >= 15 is 0 Å². The van der Waals surface area contributed by atoms with Gasteiger partial charge in [-0.3, -0.25) is 9.80 Å². The molecule has 0 atom stereocenters. The topological polar surface area (TPSA) is 15.7 Å². The second-order valence-corrected chi connectivity index (χ2v) is 4.35. The lowest BCUT2D eigenvalue weighted by atomic mass is 10.2. The highest BCUT2D eigenvalue weighted by Gasteiger charge is 2.16. The molecule has 18 heavy (non-hydrogen) atoms. The molecular weight excluding hydrogens is 224 g/mol. The third-order valence-electron chi connectivity index (χ3n) is 3.06. The molecule has 0 amide bonds. The maximum atomic E-state index is 5.32. The molecule has 1 aliphatic heterocycles. The molecule has 1 saturated heterocycles. The van der Waals surface area contributed by atoms with Crippen molar-refractivity contribution in [2.24, 2.45) is 0 Å². The van der Waals surface area contributed by atoms with Crippen molar-refractivity contribution in [2.75, 3.05) is 46.4 Å². The van der Waals surface area contributed by atoms with Crippen LogP contribution in [0.25, 0.3) is 0 Å². The van der Waals surface area contributed by atoms with Crippen LogP contribution in [0.5, 0.6) is 0 Å². The fourth-order valence-electron chi connectivity index (χ4n) is 1.93. The van der Waals surface area contributed by atoms with Gasteiger partial charge in [0.25, 0.3) is 0 Å². The third kappa shape index (κ3) is 4.79. The molecule has 0 N–H and O–H groups in total. The minimum absolute atomic E-state index is 0.663. The predicted octanol–water partition coefficient (Wildman–Crippen LogP) is 1.51. The number of terminal acetylenes is 1. The van der Waals surface area contributed by atoms with Crippen molar-refractivity contribution in [1.82, 2.24) is 9.80 Å². The maximum Gasteiger partial charge on any atom is 0.112 e. The lowest BCUT2D eigenvalue weighted by Crippen LogP contribution is -2.46. The molecule has 0 unspecified atom stereocenters. The zero-order chi connectivity index (χ0) is 13.4. The smallest absolute Gasteiger partial charge is 0.112 e. The minimum atomic E-state index is 0.663. The molecular formula is C15H22N2O. The summed E-state index contributed by atoms with van der Waals surface area (Å²) >= 11 is 0. The Balaban J connectivity index is 2.44. The summed E-state index contributed by atoms with van der Waals surface area (Å²) in [7, 11) is 1.62. The molecule has 0 aromatic rings. The van der Waals surface area contributed by atoms with E-state index in [1.165, 1.54) is 0 Å². The highest BCUT2D eigenvalue weighted by Crippen LogP contribution is 2.08. The van der Waals surface area contributed by atoms with Gasteiger partial charge in [-0.25, -0.2) is 0 Å². The number of hydrogen-bond acceptors (Lipinski definition) is 3. The molecule has 0 spiro atoms. The number of hydrogen-bond donors (Lipinski definition) is 0. The number of nitrogens with zero attached hydrogens (tertiary/aromatic N) is 2. The van der Waals surface area contributed by atoms with Gasteiger partial charge in [0.1, 0.15) is 5.76 Å². The normalized spacial score (nSPS) is 18.1. The van der Waals surface area contributed by atoms with E-state index in [4.69, 9.17) is 11.2 Å². The van der Waals surface area contributed by atoms with Gasteiger partial charge in [0.15, 0.2) is 0 Å². The van der Waals surface area contributed by atoms with E-state index in [9.17, 15) is 0 Å². The zero-order valence-electron chi connectivity index (χ0n) is 11.2. The van der Waals surface area contributed by atoms with Crippen LogP contribution in [0.3, 0.4) is 0 Å². The summed E-state index contributed by atoms with van der Waals surface area (Å²) in [6.07, 6.45) is 9.11. The first kappa shape index (κ1) is 14.6. The van der Waals surface area contributed by atoms with Gasteiger partial charge in [-0.15, -0.1) is 6.42 Å². The summed E-state index contributed by atoms with van der Waals surface area (Å²) in [6.45, 7) is 13.4. The van der Waals surface area contributed by atoms with E-state index < -0.39 is 0 Å². The quantitative estimate of drug-likeness (QED) is 0.401. The zero-order valence-corrected chi connectivity index (χ0v) is 11.2. The lowest BCUT2D eigenvalue weighted by molar-refractivity contribution is 0.154. The van der Waals surface area contributed by atoms with Crippen LogP contribution in [0.15, 0.2) is 36.6 Å². The monoisotopic (exact) mass is 246 g/mol. The molecule has 0 aromatic heterocycles. The van der Waals surface area contributed by atoms with Gasteiger partial charge >= 0.3 is 0 Å². The number of methoxy groups -OCH3 is 1. The average molecular weight is 246 g/mol. The Kier molecular flexibility index (Phi) is 6.27. The van der Waals surface area contributed by atoms with Crippen LogP contribution in [0.4, 0.5) is 0 Å². The Morgan fingerprint density at radius 1 is 1.33 bits per heavy atom. The fourth-order valence-corrected chi connectivity index (χ4v) is 1.93. The molecule has 3 nitrogen and oxygen atoms in total. The van der Waals surface area contributed by atoms with Gasteiger partial charge in [-0.1, -0.05) is 25.2 Å². The van der Waals surface area contributed by atoms with Crippen LogP contribution in [0.1, 0.15) is 0 Å². The van der Waals surface area contributed by atoms with Gasteiger partial charge in [-0.05, 0) is 11.6 Å². The van der Waals surface area contributed by atoms with Crippen molar-refractivity contribution in [1.29, 1.82) is 0 Å². The second-order valence-electron chi connectivity index (χ2n) is 4.35. The summed E-state index contributed by atoms with van der Waals surface area (Å²) in [4.78, 5) is 4.69. The summed E-state index contributed by atoms with van der Waals surface area (Å²) in [5.74, 6) is 3.35. The number of allylic oxidation sites excluding steroid dienone is 1. The third-order valence-corrected chi connectivity index (χ3v) is 3.06. The van der Waals surface area contributed by atoms with E-state index in [0.717, 1.165) is 44.8 Å². The Labute approximate surface area is 110 Å². The second kappa shape index (κ2) is 7.75. The minimum Gasteiger partial charge on any atom is -0.497 e. The fraction of sp³-hybridized carbons (Fsp3) is 0.467. The molecule has 0 saturated carbocycles. The molecule has 1 heterocycles. The standard InChI is InChI=1S/C15H22N2O/c1-5-7-16-8-10-17(11-9-16)13-15(6-2)12-14(3)18-4/h1,6,12H,2-3,7-11,13H2,4H3. The van der Waals surface area contributed by atoms with Crippen molar-refractivity contribution in [3.8, 4) is 12.3 Å². The number of piperazine rings is 1. The largest absolute Gasteiger partial charge is 0.497 e. The highest BCUT2D eigenvalue weighted by atomic mass is 16.5. The van der Waals surface area contributed by atoms with Crippen LogP contribution in [0, 0.1) is 12.3 Å². The summed E-state index contributed by atoms with van der Waals surface area (Å²) in [5.41, 5.74) is 1.13. The molecule has 3 heteroatoms. The van der Waals surface area contributed by atoms with E-state index in [1.54, 1.807) is 7.11 Å². The van der Waals surface area contributed by atoms with E-state index in [2.05, 4.69) is 28.9 Å². The first-order chi connectivity index (χ1) is 8.69. The van der Waals surface area contributed by atoms with Crippen molar-refractivity contribution in [3.05, 3.63) is 36.6 Å². The first-order valence-electron chi connectivity index (χ1n) is 6.13. The number of ether oxygens (including phenoxy) is 1. The molecule has 0 aromatic carbocycles. The molecule has 0 bridgehead atoms. The van der Waals surface area contributed by atoms with Crippen LogP contribution in [0.2, 0.25) is 0 Å². The molecule has 0 radical (unpaired) electrons. The number of rotatable bonds is 6. The van der Waals surface area contributed by atoms with Crippen molar-refractivity contribution in [2.45, 2.75) is 0 Å². The average Bonchev–Trinajstić information content (AvgIpc) is 2.40. The van der Waals surface area contributed by atoms with E-state index in [1.807, 2.05) is 12.2 Å². The Morgan fingerprint density at radius 3 is 2.44 bits per heavy atom. The summed E-state index contributed by atoms with van der Waals surface area (Å²) in [6, 6.07) is 0. The molecule has 98 valence electrons. The molecule has 1 aliphatic rings.